The molecule has 7 heteroatoms. The third kappa shape index (κ3) is 4.67. The van der Waals surface area contributed by atoms with Gasteiger partial charge in [0.05, 0.1) is 18.6 Å². The fraction of sp³-hybridized carbons (Fsp3) is 0.350. The predicted octanol–water partition coefficient (Wildman–Crippen LogP) is 3.16. The van der Waals surface area contributed by atoms with Crippen molar-refractivity contribution in [3.8, 4) is 5.75 Å². The fourth-order valence-corrected chi connectivity index (χ4v) is 4.58. The summed E-state index contributed by atoms with van der Waals surface area (Å²) in [5.74, 6) is 0.646. The summed E-state index contributed by atoms with van der Waals surface area (Å²) in [6, 6.07) is 13.5. The Kier molecular flexibility index (Phi) is 6.13. The maximum Gasteiger partial charge on any atom is 0.243 e. The van der Waals surface area contributed by atoms with E-state index in [1.165, 1.54) is 0 Å². The molecule has 0 aromatic heterocycles. The van der Waals surface area contributed by atoms with Gasteiger partial charge in [0.1, 0.15) is 5.75 Å². The molecular formula is C20H24N2O4S. The third-order valence-electron chi connectivity index (χ3n) is 4.67. The van der Waals surface area contributed by atoms with E-state index >= 15 is 0 Å². The summed E-state index contributed by atoms with van der Waals surface area (Å²) in [5.41, 5.74) is 1.29. The average molecular weight is 388 g/mol. The van der Waals surface area contributed by atoms with Crippen molar-refractivity contribution in [3.05, 3.63) is 54.1 Å². The number of methoxy groups -OCH3 is 1. The Morgan fingerprint density at radius 2 is 1.63 bits per heavy atom. The van der Waals surface area contributed by atoms with Crippen molar-refractivity contribution in [2.75, 3.05) is 32.1 Å². The molecule has 144 valence electrons. The maximum absolute atomic E-state index is 12.6. The largest absolute Gasteiger partial charge is 0.497 e. The predicted molar refractivity (Wildman–Crippen MR) is 105 cm³/mol. The summed E-state index contributed by atoms with van der Waals surface area (Å²) in [5, 5.41) is 3.04. The highest BCUT2D eigenvalue weighted by Crippen LogP contribution is 2.22. The minimum atomic E-state index is -3.43. The minimum absolute atomic E-state index is 0.0531. The Labute approximate surface area is 160 Å². The van der Waals surface area contributed by atoms with Gasteiger partial charge in [0.2, 0.25) is 10.0 Å². The van der Waals surface area contributed by atoms with Crippen molar-refractivity contribution < 1.29 is 17.9 Å². The number of anilines is 1. The molecule has 2 aromatic rings. The van der Waals surface area contributed by atoms with Crippen LogP contribution in [-0.2, 0) is 10.0 Å². The lowest BCUT2D eigenvalue weighted by atomic mass is 10.1. The van der Waals surface area contributed by atoms with Crippen LogP contribution in [-0.4, -0.2) is 45.3 Å². The molecule has 1 aliphatic heterocycles. The van der Waals surface area contributed by atoms with Crippen molar-refractivity contribution in [1.29, 1.82) is 0 Å². The second kappa shape index (κ2) is 8.54. The Bertz CT molecular complexity index is 871. The second-order valence-electron chi connectivity index (χ2n) is 6.49. The lowest BCUT2D eigenvalue weighted by Gasteiger charge is -2.25. The SMILES string of the molecule is COc1ccc(C(=O)CNc2ccc(S(=O)(=O)N3CCCCC3)cc2)cc1. The molecule has 0 aliphatic carbocycles. The number of sulfonamides is 1. The number of piperidine rings is 1. The number of nitrogens with zero attached hydrogens (tertiary/aromatic N) is 1. The molecular weight excluding hydrogens is 364 g/mol. The highest BCUT2D eigenvalue weighted by atomic mass is 32.2. The number of nitrogens with one attached hydrogen (secondary N) is 1. The number of hydrogen-bond acceptors (Lipinski definition) is 5. The Balaban J connectivity index is 1.61. The van der Waals surface area contributed by atoms with Crippen LogP contribution in [0.5, 0.6) is 5.75 Å². The summed E-state index contributed by atoms with van der Waals surface area (Å²) >= 11 is 0. The molecule has 0 bridgehead atoms. The monoisotopic (exact) mass is 388 g/mol. The van der Waals surface area contributed by atoms with E-state index in [0.29, 0.717) is 30.1 Å². The highest BCUT2D eigenvalue weighted by Gasteiger charge is 2.25. The molecule has 0 atom stereocenters. The number of benzene rings is 2. The molecule has 0 spiro atoms. The first-order valence-electron chi connectivity index (χ1n) is 9.02. The van der Waals surface area contributed by atoms with Gasteiger partial charge in [-0.15, -0.1) is 0 Å². The topological polar surface area (TPSA) is 75.7 Å². The highest BCUT2D eigenvalue weighted by molar-refractivity contribution is 7.89. The molecule has 1 N–H and O–H groups in total. The first kappa shape index (κ1) is 19.4. The van der Waals surface area contributed by atoms with Gasteiger partial charge in [0, 0.05) is 24.3 Å². The van der Waals surface area contributed by atoms with Crippen LogP contribution < -0.4 is 10.1 Å². The van der Waals surface area contributed by atoms with Gasteiger partial charge in [-0.25, -0.2) is 8.42 Å². The normalized spacial score (nSPS) is 15.3. The van der Waals surface area contributed by atoms with E-state index < -0.39 is 10.0 Å². The fourth-order valence-electron chi connectivity index (χ4n) is 3.06. The molecule has 1 aliphatic rings. The van der Waals surface area contributed by atoms with E-state index in [1.807, 2.05) is 0 Å². The van der Waals surface area contributed by atoms with Crippen molar-refractivity contribution in [3.63, 3.8) is 0 Å². The summed E-state index contributed by atoms with van der Waals surface area (Å²) in [4.78, 5) is 12.5. The molecule has 0 unspecified atom stereocenters. The van der Waals surface area contributed by atoms with E-state index in [1.54, 1.807) is 59.9 Å². The number of ketones is 1. The molecule has 0 amide bonds. The van der Waals surface area contributed by atoms with E-state index in [4.69, 9.17) is 4.74 Å². The van der Waals surface area contributed by atoms with E-state index in [0.717, 1.165) is 19.3 Å². The van der Waals surface area contributed by atoms with Crippen LogP contribution in [0.15, 0.2) is 53.4 Å². The molecule has 6 nitrogen and oxygen atoms in total. The van der Waals surface area contributed by atoms with Gasteiger partial charge in [0.15, 0.2) is 5.78 Å². The zero-order chi connectivity index (χ0) is 19.3. The first-order valence-corrected chi connectivity index (χ1v) is 10.5. The Hall–Kier alpha value is -2.38. The smallest absolute Gasteiger partial charge is 0.243 e. The van der Waals surface area contributed by atoms with Crippen molar-refractivity contribution in [2.45, 2.75) is 24.2 Å². The van der Waals surface area contributed by atoms with E-state index in [-0.39, 0.29) is 17.2 Å². The quantitative estimate of drug-likeness (QED) is 0.738. The lowest BCUT2D eigenvalue weighted by Crippen LogP contribution is -2.35. The van der Waals surface area contributed by atoms with Gasteiger partial charge >= 0.3 is 0 Å². The van der Waals surface area contributed by atoms with Crippen LogP contribution in [0.1, 0.15) is 29.6 Å². The molecule has 1 saturated heterocycles. The first-order chi connectivity index (χ1) is 13.0. The number of ether oxygens (including phenoxy) is 1. The number of Topliss-reactive ketones (excluding diaryl/α,β-unsaturated/α-hetero) is 1. The van der Waals surface area contributed by atoms with Crippen LogP contribution >= 0.6 is 0 Å². The van der Waals surface area contributed by atoms with Gasteiger partial charge in [0.25, 0.3) is 0 Å². The number of rotatable bonds is 7. The van der Waals surface area contributed by atoms with Crippen LogP contribution in [0.25, 0.3) is 0 Å². The number of hydrogen-bond donors (Lipinski definition) is 1. The van der Waals surface area contributed by atoms with Gasteiger partial charge in [-0.1, -0.05) is 6.42 Å². The van der Waals surface area contributed by atoms with Crippen molar-refractivity contribution in [2.24, 2.45) is 0 Å². The van der Waals surface area contributed by atoms with E-state index in [9.17, 15) is 13.2 Å². The van der Waals surface area contributed by atoms with E-state index in [2.05, 4.69) is 5.32 Å². The zero-order valence-corrected chi connectivity index (χ0v) is 16.2. The van der Waals surface area contributed by atoms with Crippen molar-refractivity contribution >= 4 is 21.5 Å². The average Bonchev–Trinajstić information content (AvgIpc) is 2.73. The van der Waals surface area contributed by atoms with Gasteiger partial charge < -0.3 is 10.1 Å². The van der Waals surface area contributed by atoms with Crippen LogP contribution in [0.4, 0.5) is 5.69 Å². The van der Waals surface area contributed by atoms with Crippen LogP contribution in [0.2, 0.25) is 0 Å². The lowest BCUT2D eigenvalue weighted by molar-refractivity contribution is 0.101. The van der Waals surface area contributed by atoms with Crippen LogP contribution in [0.3, 0.4) is 0 Å². The summed E-state index contributed by atoms with van der Waals surface area (Å²) in [7, 11) is -1.86. The van der Waals surface area contributed by atoms with Gasteiger partial charge in [-0.2, -0.15) is 4.31 Å². The third-order valence-corrected chi connectivity index (χ3v) is 6.59. The minimum Gasteiger partial charge on any atom is -0.497 e. The van der Waals surface area contributed by atoms with Crippen molar-refractivity contribution in [1.82, 2.24) is 4.31 Å². The molecule has 3 rings (SSSR count). The Morgan fingerprint density at radius 1 is 1.00 bits per heavy atom. The molecule has 2 aromatic carbocycles. The number of carbonyl (C=O) groups is 1. The summed E-state index contributed by atoms with van der Waals surface area (Å²) < 4.78 is 31.9. The molecule has 27 heavy (non-hydrogen) atoms. The van der Waals surface area contributed by atoms with Crippen LogP contribution in [0, 0.1) is 0 Å². The molecule has 1 heterocycles. The van der Waals surface area contributed by atoms with Gasteiger partial charge in [-0.3, -0.25) is 4.79 Å². The Morgan fingerprint density at radius 3 is 2.22 bits per heavy atom. The summed E-state index contributed by atoms with van der Waals surface area (Å²) in [6.45, 7) is 1.29. The second-order valence-corrected chi connectivity index (χ2v) is 8.43. The van der Waals surface area contributed by atoms with Gasteiger partial charge in [-0.05, 0) is 61.4 Å². The number of carbonyl (C=O) groups excluding carboxylic acids is 1. The zero-order valence-electron chi connectivity index (χ0n) is 15.3. The molecule has 0 radical (unpaired) electrons. The molecule has 0 saturated carbocycles. The standard InChI is InChI=1S/C20H24N2O4S/c1-26-18-9-5-16(6-10-18)20(23)15-21-17-7-11-19(12-8-17)27(24,25)22-13-3-2-4-14-22/h5-12,21H,2-4,13-15H2,1H3. The molecule has 1 fully saturated rings. The maximum atomic E-state index is 12.6. The summed E-state index contributed by atoms with van der Waals surface area (Å²) in [6.07, 6.45) is 2.90.